The molecular weight excluding hydrogens is 381 g/mol. The predicted molar refractivity (Wildman–Crippen MR) is 96.5 cm³/mol. The van der Waals surface area contributed by atoms with E-state index in [9.17, 15) is 0 Å². The van der Waals surface area contributed by atoms with E-state index in [0.29, 0.717) is 0 Å². The Bertz CT molecular complexity index is 338. The van der Waals surface area contributed by atoms with Crippen molar-refractivity contribution in [1.82, 2.24) is 10.6 Å². The Hall–Kier alpha value is -0.0800. The second-order valence-electron chi connectivity index (χ2n) is 6.56. The van der Waals surface area contributed by atoms with Crippen molar-refractivity contribution in [1.29, 1.82) is 0 Å². The van der Waals surface area contributed by atoms with Crippen LogP contribution in [0.15, 0.2) is 4.99 Å². The lowest BCUT2D eigenvalue weighted by atomic mass is 9.90. The maximum atomic E-state index is 5.80. The molecule has 0 saturated carbocycles. The molecule has 0 aliphatic carbocycles. The molecule has 2 saturated heterocycles. The summed E-state index contributed by atoms with van der Waals surface area (Å²) in [4.78, 5) is 4.72. The SMILES string of the molecule is CCNC(=NCC1(C)CCOC1)NCC1(C)CCCO1.I. The van der Waals surface area contributed by atoms with Gasteiger partial charge in [-0.3, -0.25) is 4.99 Å². The van der Waals surface area contributed by atoms with Gasteiger partial charge in [-0.15, -0.1) is 24.0 Å². The molecule has 2 rings (SSSR count). The maximum absolute atomic E-state index is 5.80. The smallest absolute Gasteiger partial charge is 0.191 e. The molecule has 21 heavy (non-hydrogen) atoms. The fourth-order valence-corrected chi connectivity index (χ4v) is 2.69. The Kier molecular flexibility index (Phi) is 7.70. The van der Waals surface area contributed by atoms with Crippen LogP contribution in [0.3, 0.4) is 0 Å². The largest absolute Gasteiger partial charge is 0.381 e. The molecule has 0 spiro atoms. The molecule has 2 unspecified atom stereocenters. The Morgan fingerprint density at radius 3 is 2.57 bits per heavy atom. The standard InChI is InChI=1S/C15H29N3O2.HI/c1-4-16-13(17-10-14(2)7-9-19-12-14)18-11-15(3)6-5-8-20-15;/h4-12H2,1-3H3,(H2,16,17,18);1H. The van der Waals surface area contributed by atoms with E-state index in [1.807, 2.05) is 0 Å². The van der Waals surface area contributed by atoms with Gasteiger partial charge in [0.2, 0.25) is 0 Å². The second-order valence-corrected chi connectivity index (χ2v) is 6.56. The number of nitrogens with zero attached hydrogens (tertiary/aromatic N) is 1. The number of rotatable bonds is 5. The summed E-state index contributed by atoms with van der Waals surface area (Å²) in [7, 11) is 0. The maximum Gasteiger partial charge on any atom is 0.191 e. The van der Waals surface area contributed by atoms with Gasteiger partial charge in [-0.1, -0.05) is 6.92 Å². The van der Waals surface area contributed by atoms with Crippen LogP contribution < -0.4 is 10.6 Å². The van der Waals surface area contributed by atoms with Crippen LogP contribution in [0, 0.1) is 5.41 Å². The zero-order valence-corrected chi connectivity index (χ0v) is 15.9. The summed E-state index contributed by atoms with van der Waals surface area (Å²) in [6.07, 6.45) is 3.36. The van der Waals surface area contributed by atoms with Crippen LogP contribution in [0.5, 0.6) is 0 Å². The van der Waals surface area contributed by atoms with E-state index in [0.717, 1.165) is 64.7 Å². The first-order chi connectivity index (χ1) is 9.55. The van der Waals surface area contributed by atoms with Gasteiger partial charge < -0.3 is 20.1 Å². The molecule has 0 bridgehead atoms. The van der Waals surface area contributed by atoms with Crippen LogP contribution in [-0.4, -0.2) is 51.0 Å². The third kappa shape index (κ3) is 5.90. The zero-order valence-electron chi connectivity index (χ0n) is 13.5. The summed E-state index contributed by atoms with van der Waals surface area (Å²) in [6, 6.07) is 0. The molecule has 0 aromatic rings. The summed E-state index contributed by atoms with van der Waals surface area (Å²) in [5.74, 6) is 0.886. The third-order valence-electron chi connectivity index (χ3n) is 4.19. The molecule has 2 heterocycles. The fourth-order valence-electron chi connectivity index (χ4n) is 2.69. The van der Waals surface area contributed by atoms with Gasteiger partial charge in [-0.05, 0) is 33.1 Å². The minimum absolute atomic E-state index is 0. The Morgan fingerprint density at radius 1 is 1.19 bits per heavy atom. The first kappa shape index (κ1) is 19.0. The van der Waals surface area contributed by atoms with E-state index < -0.39 is 0 Å². The van der Waals surface area contributed by atoms with Gasteiger partial charge in [0.05, 0.1) is 18.8 Å². The highest BCUT2D eigenvalue weighted by molar-refractivity contribution is 14.0. The van der Waals surface area contributed by atoms with Crippen LogP contribution in [0.1, 0.15) is 40.0 Å². The fraction of sp³-hybridized carbons (Fsp3) is 0.933. The summed E-state index contributed by atoms with van der Waals surface area (Å²) < 4.78 is 11.3. The number of aliphatic imine (C=N–C) groups is 1. The summed E-state index contributed by atoms with van der Waals surface area (Å²) in [5.41, 5.74) is 0.146. The molecule has 2 aliphatic rings. The second kappa shape index (κ2) is 8.53. The van der Waals surface area contributed by atoms with Crippen molar-refractivity contribution in [2.24, 2.45) is 10.4 Å². The lowest BCUT2D eigenvalue weighted by Crippen LogP contribution is -2.46. The molecule has 5 nitrogen and oxygen atoms in total. The van der Waals surface area contributed by atoms with E-state index in [-0.39, 0.29) is 35.0 Å². The van der Waals surface area contributed by atoms with E-state index >= 15 is 0 Å². The zero-order chi connectivity index (χ0) is 14.5. The van der Waals surface area contributed by atoms with Crippen molar-refractivity contribution in [3.05, 3.63) is 0 Å². The highest BCUT2D eigenvalue weighted by Gasteiger charge is 2.31. The van der Waals surface area contributed by atoms with Crippen LogP contribution >= 0.6 is 24.0 Å². The molecule has 124 valence electrons. The van der Waals surface area contributed by atoms with Crippen molar-refractivity contribution in [2.75, 3.05) is 39.5 Å². The highest BCUT2D eigenvalue weighted by atomic mass is 127. The van der Waals surface area contributed by atoms with E-state index in [2.05, 4.69) is 31.4 Å². The van der Waals surface area contributed by atoms with E-state index in [1.54, 1.807) is 0 Å². The van der Waals surface area contributed by atoms with Crippen LogP contribution in [0.4, 0.5) is 0 Å². The lowest BCUT2D eigenvalue weighted by molar-refractivity contribution is 0.0242. The van der Waals surface area contributed by atoms with E-state index in [4.69, 9.17) is 14.5 Å². The summed E-state index contributed by atoms with van der Waals surface area (Å²) in [5, 5.41) is 6.72. The number of hydrogen-bond donors (Lipinski definition) is 2. The molecule has 0 aromatic heterocycles. The van der Waals surface area contributed by atoms with Crippen LogP contribution in [0.25, 0.3) is 0 Å². The van der Waals surface area contributed by atoms with Crippen molar-refractivity contribution in [3.63, 3.8) is 0 Å². The van der Waals surface area contributed by atoms with Gasteiger partial charge in [0, 0.05) is 31.7 Å². The minimum Gasteiger partial charge on any atom is -0.381 e. The van der Waals surface area contributed by atoms with Gasteiger partial charge in [-0.2, -0.15) is 0 Å². The number of guanidine groups is 1. The van der Waals surface area contributed by atoms with Gasteiger partial charge in [0.15, 0.2) is 5.96 Å². The van der Waals surface area contributed by atoms with Gasteiger partial charge in [0.1, 0.15) is 0 Å². The number of halogens is 1. The molecule has 2 N–H and O–H groups in total. The van der Waals surface area contributed by atoms with Gasteiger partial charge in [-0.25, -0.2) is 0 Å². The highest BCUT2D eigenvalue weighted by Crippen LogP contribution is 2.28. The quantitative estimate of drug-likeness (QED) is 0.414. The average Bonchev–Trinajstić information content (AvgIpc) is 3.03. The van der Waals surface area contributed by atoms with E-state index in [1.165, 1.54) is 0 Å². The Balaban J connectivity index is 0.00000220. The van der Waals surface area contributed by atoms with Crippen molar-refractivity contribution >= 4 is 29.9 Å². The predicted octanol–water partition coefficient (Wildman–Crippen LogP) is 2.16. The normalized spacial score (nSPS) is 32.8. The molecular formula is C15H30IN3O2. The van der Waals surface area contributed by atoms with Crippen LogP contribution in [-0.2, 0) is 9.47 Å². The molecule has 2 aliphatic heterocycles. The minimum atomic E-state index is -0.0451. The molecule has 2 fully saturated rings. The topological polar surface area (TPSA) is 54.9 Å². The number of nitrogens with one attached hydrogen (secondary N) is 2. The summed E-state index contributed by atoms with van der Waals surface area (Å²) >= 11 is 0. The lowest BCUT2D eigenvalue weighted by Gasteiger charge is -2.25. The monoisotopic (exact) mass is 411 g/mol. The van der Waals surface area contributed by atoms with Crippen LogP contribution in [0.2, 0.25) is 0 Å². The average molecular weight is 411 g/mol. The molecule has 6 heteroatoms. The van der Waals surface area contributed by atoms with Crippen molar-refractivity contribution < 1.29 is 9.47 Å². The molecule has 0 aromatic carbocycles. The molecule has 0 radical (unpaired) electrons. The first-order valence-electron chi connectivity index (χ1n) is 7.79. The van der Waals surface area contributed by atoms with Gasteiger partial charge >= 0.3 is 0 Å². The van der Waals surface area contributed by atoms with Gasteiger partial charge in [0.25, 0.3) is 0 Å². The molecule has 0 amide bonds. The summed E-state index contributed by atoms with van der Waals surface area (Å²) in [6.45, 7) is 11.5. The Morgan fingerprint density at radius 2 is 2.00 bits per heavy atom. The third-order valence-corrected chi connectivity index (χ3v) is 4.19. The van der Waals surface area contributed by atoms with Crippen molar-refractivity contribution in [3.8, 4) is 0 Å². The number of hydrogen-bond acceptors (Lipinski definition) is 3. The first-order valence-corrected chi connectivity index (χ1v) is 7.79. The Labute approximate surface area is 145 Å². The number of ether oxygens (including phenoxy) is 2. The van der Waals surface area contributed by atoms with Crippen molar-refractivity contribution in [2.45, 2.75) is 45.6 Å². The molecule has 2 atom stereocenters.